The second kappa shape index (κ2) is 11.1. The zero-order valence-electron chi connectivity index (χ0n) is 16.2. The van der Waals surface area contributed by atoms with E-state index in [0.29, 0.717) is 24.4 Å². The van der Waals surface area contributed by atoms with Crippen LogP contribution in [0.1, 0.15) is 21.5 Å². The average Bonchev–Trinajstić information content (AvgIpc) is 2.69. The second-order valence-corrected chi connectivity index (χ2v) is 6.37. The summed E-state index contributed by atoms with van der Waals surface area (Å²) in [4.78, 5) is 24.1. The standard InChI is InChI=1S/C21H27N3O4/c1-15-3-6-19(13-16(15)2)23-14-20(26)24-18-7-4-17(5-8-18)21(27)22-9-11-28-12-10-25/h3-8,13,23,25H,9-12,14H2,1-2H3,(H,22,27)(H,24,26). The van der Waals surface area contributed by atoms with Crippen LogP contribution in [0.25, 0.3) is 0 Å². The van der Waals surface area contributed by atoms with Gasteiger partial charge in [-0.15, -0.1) is 0 Å². The SMILES string of the molecule is Cc1ccc(NCC(=O)Nc2ccc(C(=O)NCCOCCO)cc2)cc1C. The molecule has 0 fully saturated rings. The second-order valence-electron chi connectivity index (χ2n) is 6.37. The third-order valence-electron chi connectivity index (χ3n) is 4.16. The fourth-order valence-electron chi connectivity index (χ4n) is 2.45. The van der Waals surface area contributed by atoms with Crippen LogP contribution in [0.4, 0.5) is 11.4 Å². The van der Waals surface area contributed by atoms with Crippen molar-refractivity contribution in [3.8, 4) is 0 Å². The number of hydrogen-bond donors (Lipinski definition) is 4. The molecule has 0 bridgehead atoms. The molecule has 7 heteroatoms. The molecule has 2 amide bonds. The van der Waals surface area contributed by atoms with Gasteiger partial charge in [-0.25, -0.2) is 0 Å². The molecule has 0 atom stereocenters. The van der Waals surface area contributed by atoms with Crippen LogP contribution in [0, 0.1) is 13.8 Å². The molecular weight excluding hydrogens is 358 g/mol. The van der Waals surface area contributed by atoms with Gasteiger partial charge in [-0.05, 0) is 61.4 Å². The summed E-state index contributed by atoms with van der Waals surface area (Å²) in [6.45, 7) is 5.14. The third kappa shape index (κ3) is 7.02. The third-order valence-corrected chi connectivity index (χ3v) is 4.16. The van der Waals surface area contributed by atoms with Crippen molar-refractivity contribution in [2.24, 2.45) is 0 Å². The highest BCUT2D eigenvalue weighted by Crippen LogP contribution is 2.14. The van der Waals surface area contributed by atoms with Gasteiger partial charge < -0.3 is 25.8 Å². The van der Waals surface area contributed by atoms with Gasteiger partial charge in [0.25, 0.3) is 5.91 Å². The number of aryl methyl sites for hydroxylation is 2. The van der Waals surface area contributed by atoms with Crippen molar-refractivity contribution in [1.82, 2.24) is 5.32 Å². The summed E-state index contributed by atoms with van der Waals surface area (Å²) < 4.78 is 5.08. The topological polar surface area (TPSA) is 99.7 Å². The first kappa shape index (κ1) is 21.4. The lowest BCUT2D eigenvalue weighted by molar-refractivity contribution is -0.114. The molecular formula is C21H27N3O4. The van der Waals surface area contributed by atoms with Gasteiger partial charge in [0.15, 0.2) is 0 Å². The fraction of sp³-hybridized carbons (Fsp3) is 0.333. The first-order valence-corrected chi connectivity index (χ1v) is 9.17. The number of amides is 2. The first-order chi connectivity index (χ1) is 13.5. The van der Waals surface area contributed by atoms with E-state index in [0.717, 1.165) is 5.69 Å². The van der Waals surface area contributed by atoms with E-state index in [-0.39, 0.29) is 31.6 Å². The van der Waals surface area contributed by atoms with Crippen molar-refractivity contribution in [1.29, 1.82) is 0 Å². The number of ether oxygens (including phenoxy) is 1. The quantitative estimate of drug-likeness (QED) is 0.470. The molecule has 28 heavy (non-hydrogen) atoms. The Kier molecular flexibility index (Phi) is 8.45. The Morgan fingerprint density at radius 1 is 0.964 bits per heavy atom. The molecule has 0 radical (unpaired) electrons. The van der Waals surface area contributed by atoms with Crippen LogP contribution < -0.4 is 16.0 Å². The van der Waals surface area contributed by atoms with Crippen LogP contribution in [0.2, 0.25) is 0 Å². The molecule has 2 aromatic carbocycles. The molecule has 7 nitrogen and oxygen atoms in total. The maximum absolute atomic E-state index is 12.1. The monoisotopic (exact) mass is 385 g/mol. The van der Waals surface area contributed by atoms with Crippen LogP contribution in [-0.4, -0.2) is 49.8 Å². The van der Waals surface area contributed by atoms with Gasteiger partial charge >= 0.3 is 0 Å². The van der Waals surface area contributed by atoms with Crippen LogP contribution in [-0.2, 0) is 9.53 Å². The summed E-state index contributed by atoms with van der Waals surface area (Å²) in [7, 11) is 0. The number of benzene rings is 2. The van der Waals surface area contributed by atoms with Gasteiger partial charge in [0.1, 0.15) is 0 Å². The fourth-order valence-corrected chi connectivity index (χ4v) is 2.45. The van der Waals surface area contributed by atoms with Crippen molar-refractivity contribution < 1.29 is 19.4 Å². The molecule has 2 aromatic rings. The Balaban J connectivity index is 1.77. The Morgan fingerprint density at radius 2 is 1.68 bits per heavy atom. The lowest BCUT2D eigenvalue weighted by Crippen LogP contribution is -2.27. The van der Waals surface area contributed by atoms with Crippen molar-refractivity contribution in [3.63, 3.8) is 0 Å². The largest absolute Gasteiger partial charge is 0.394 e. The first-order valence-electron chi connectivity index (χ1n) is 9.17. The highest BCUT2D eigenvalue weighted by molar-refractivity contribution is 5.96. The number of anilines is 2. The molecule has 0 saturated heterocycles. The molecule has 2 rings (SSSR count). The van der Waals surface area contributed by atoms with E-state index in [1.165, 1.54) is 11.1 Å². The lowest BCUT2D eigenvalue weighted by atomic mass is 10.1. The molecule has 0 aliphatic carbocycles. The maximum atomic E-state index is 12.1. The van der Waals surface area contributed by atoms with E-state index in [1.54, 1.807) is 24.3 Å². The summed E-state index contributed by atoms with van der Waals surface area (Å²) in [5, 5.41) is 17.2. The normalized spacial score (nSPS) is 10.4. The van der Waals surface area contributed by atoms with Gasteiger partial charge in [-0.1, -0.05) is 6.07 Å². The smallest absolute Gasteiger partial charge is 0.251 e. The van der Waals surface area contributed by atoms with Crippen molar-refractivity contribution in [2.45, 2.75) is 13.8 Å². The van der Waals surface area contributed by atoms with E-state index in [9.17, 15) is 9.59 Å². The van der Waals surface area contributed by atoms with Crippen LogP contribution in [0.15, 0.2) is 42.5 Å². The van der Waals surface area contributed by atoms with E-state index in [1.807, 2.05) is 32.0 Å². The summed E-state index contributed by atoms with van der Waals surface area (Å²) in [5.74, 6) is -0.390. The average molecular weight is 385 g/mol. The highest BCUT2D eigenvalue weighted by Gasteiger charge is 2.07. The minimum atomic E-state index is -0.220. The Bertz CT molecular complexity index is 791. The van der Waals surface area contributed by atoms with E-state index >= 15 is 0 Å². The van der Waals surface area contributed by atoms with Crippen molar-refractivity contribution in [2.75, 3.05) is 43.5 Å². The van der Waals surface area contributed by atoms with E-state index in [4.69, 9.17) is 9.84 Å². The minimum Gasteiger partial charge on any atom is -0.394 e. The van der Waals surface area contributed by atoms with Gasteiger partial charge in [-0.3, -0.25) is 9.59 Å². The zero-order valence-corrected chi connectivity index (χ0v) is 16.2. The number of aliphatic hydroxyl groups excluding tert-OH is 1. The molecule has 0 aliphatic rings. The molecule has 150 valence electrons. The highest BCUT2D eigenvalue weighted by atomic mass is 16.5. The Morgan fingerprint density at radius 3 is 2.36 bits per heavy atom. The molecule has 0 saturated carbocycles. The predicted molar refractivity (Wildman–Crippen MR) is 110 cm³/mol. The molecule has 0 heterocycles. The maximum Gasteiger partial charge on any atom is 0.251 e. The van der Waals surface area contributed by atoms with Gasteiger partial charge in [0, 0.05) is 23.5 Å². The van der Waals surface area contributed by atoms with Gasteiger partial charge in [0.05, 0.1) is 26.4 Å². The summed E-state index contributed by atoms with van der Waals surface area (Å²) in [6.07, 6.45) is 0. The number of carbonyl (C=O) groups excluding carboxylic acids is 2. The zero-order chi connectivity index (χ0) is 20.4. The number of carbonyl (C=O) groups is 2. The molecule has 0 aromatic heterocycles. The van der Waals surface area contributed by atoms with E-state index < -0.39 is 0 Å². The van der Waals surface area contributed by atoms with Crippen molar-refractivity contribution >= 4 is 23.2 Å². The lowest BCUT2D eigenvalue weighted by Gasteiger charge is -2.10. The predicted octanol–water partition coefficient (Wildman–Crippen LogP) is 2.09. The molecule has 0 unspecified atom stereocenters. The van der Waals surface area contributed by atoms with Crippen LogP contribution in [0.5, 0.6) is 0 Å². The molecule has 4 N–H and O–H groups in total. The number of aliphatic hydroxyl groups is 1. The van der Waals surface area contributed by atoms with Crippen molar-refractivity contribution in [3.05, 3.63) is 59.2 Å². The van der Waals surface area contributed by atoms with E-state index in [2.05, 4.69) is 16.0 Å². The summed E-state index contributed by atoms with van der Waals surface area (Å²) in [6, 6.07) is 12.6. The van der Waals surface area contributed by atoms with Gasteiger partial charge in [-0.2, -0.15) is 0 Å². The van der Waals surface area contributed by atoms with Crippen LogP contribution >= 0.6 is 0 Å². The molecule has 0 spiro atoms. The Hall–Kier alpha value is -2.90. The summed E-state index contributed by atoms with van der Waals surface area (Å²) in [5.41, 5.74) is 4.38. The minimum absolute atomic E-state index is 0.0404. The van der Waals surface area contributed by atoms with Gasteiger partial charge in [0.2, 0.25) is 5.91 Å². The van der Waals surface area contributed by atoms with Crippen LogP contribution in [0.3, 0.4) is 0 Å². The number of nitrogens with one attached hydrogen (secondary N) is 3. The number of hydrogen-bond acceptors (Lipinski definition) is 5. The molecule has 0 aliphatic heterocycles. The summed E-state index contributed by atoms with van der Waals surface area (Å²) >= 11 is 0. The number of rotatable bonds is 10. The Labute approximate surface area is 165 Å².